The molecule has 0 spiro atoms. The average Bonchev–Trinajstić information content (AvgIpc) is 2.58. The normalized spacial score (nSPS) is 31.6. The summed E-state index contributed by atoms with van der Waals surface area (Å²) in [6.07, 6.45) is -7.67. The number of aliphatic hydroxyl groups is 3. The summed E-state index contributed by atoms with van der Waals surface area (Å²) >= 11 is 0. The van der Waals surface area contributed by atoms with Crippen LogP contribution < -0.4 is 11.5 Å². The van der Waals surface area contributed by atoms with Gasteiger partial charge in [-0.15, -0.1) is 0 Å². The molecule has 1 unspecified atom stereocenters. The Hall–Kier alpha value is -1.30. The summed E-state index contributed by atoms with van der Waals surface area (Å²) in [6.45, 7) is 6.46. The topological polar surface area (TPSA) is 175 Å². The number of aliphatic hydroxyl groups excluding tert-OH is 3. The van der Waals surface area contributed by atoms with E-state index in [4.69, 9.17) is 25.7 Å². The molecule has 1 aliphatic rings. The molecule has 1 aliphatic heterocycles. The molecular weight excluding hydrogens is 348 g/mol. The highest BCUT2D eigenvalue weighted by molar-refractivity contribution is 5.76. The number of rotatable bonds is 7. The molecule has 1 heterocycles. The summed E-state index contributed by atoms with van der Waals surface area (Å²) in [4.78, 5) is 23.8. The second-order valence-electron chi connectivity index (χ2n) is 7.12. The molecule has 0 aromatic heterocycles. The highest BCUT2D eigenvalue weighted by atomic mass is 16.7. The Morgan fingerprint density at radius 2 is 1.46 bits per heavy atom. The smallest absolute Gasteiger partial charge is 0.323 e. The van der Waals surface area contributed by atoms with Crippen molar-refractivity contribution in [2.24, 2.45) is 23.3 Å². The molecule has 0 radical (unpaired) electrons. The molecule has 0 amide bonds. The summed E-state index contributed by atoms with van der Waals surface area (Å²) in [5.41, 5.74) is 11.3. The Morgan fingerprint density at radius 3 is 1.96 bits per heavy atom. The predicted octanol–water partition coefficient (Wildman–Crippen LogP) is -2.15. The summed E-state index contributed by atoms with van der Waals surface area (Å²) in [6, 6.07) is -1.82. The third-order valence-electron chi connectivity index (χ3n) is 4.28. The Labute approximate surface area is 152 Å². The Morgan fingerprint density at radius 1 is 0.962 bits per heavy atom. The molecule has 7 atom stereocenters. The van der Waals surface area contributed by atoms with Crippen LogP contribution in [0.25, 0.3) is 0 Å². The molecule has 1 saturated heterocycles. The van der Waals surface area contributed by atoms with Gasteiger partial charge in [0.1, 0.15) is 37.0 Å². The van der Waals surface area contributed by atoms with E-state index in [1.807, 2.05) is 0 Å². The zero-order chi connectivity index (χ0) is 20.2. The van der Waals surface area contributed by atoms with Crippen molar-refractivity contribution in [3.63, 3.8) is 0 Å². The Kier molecular flexibility index (Phi) is 8.38. The van der Waals surface area contributed by atoms with Crippen molar-refractivity contribution in [2.45, 2.75) is 70.5 Å². The molecule has 0 aliphatic carbocycles. The average molecular weight is 378 g/mol. The van der Waals surface area contributed by atoms with Crippen LogP contribution in [0.3, 0.4) is 0 Å². The molecule has 10 nitrogen and oxygen atoms in total. The third kappa shape index (κ3) is 5.60. The maximum Gasteiger partial charge on any atom is 0.323 e. The fourth-order valence-electron chi connectivity index (χ4n) is 2.21. The summed E-state index contributed by atoms with van der Waals surface area (Å²) in [5, 5.41) is 30.1. The van der Waals surface area contributed by atoms with Gasteiger partial charge in [0.2, 0.25) is 0 Å². The van der Waals surface area contributed by atoms with Gasteiger partial charge in [-0.25, -0.2) is 0 Å². The van der Waals surface area contributed by atoms with E-state index in [0.29, 0.717) is 0 Å². The number of nitrogens with two attached hydrogens (primary N) is 2. The van der Waals surface area contributed by atoms with Crippen molar-refractivity contribution in [3.8, 4) is 0 Å². The van der Waals surface area contributed by atoms with Crippen molar-refractivity contribution in [3.05, 3.63) is 0 Å². The van der Waals surface area contributed by atoms with E-state index >= 15 is 0 Å². The lowest BCUT2D eigenvalue weighted by molar-refractivity contribution is -0.291. The van der Waals surface area contributed by atoms with E-state index in [1.54, 1.807) is 27.7 Å². The lowest BCUT2D eigenvalue weighted by Crippen LogP contribution is -2.61. The largest absolute Gasteiger partial charge is 0.462 e. The van der Waals surface area contributed by atoms with Gasteiger partial charge >= 0.3 is 11.9 Å². The summed E-state index contributed by atoms with van der Waals surface area (Å²) in [5.74, 6) is -1.92. The summed E-state index contributed by atoms with van der Waals surface area (Å²) in [7, 11) is 0. The van der Waals surface area contributed by atoms with Gasteiger partial charge in [-0.2, -0.15) is 0 Å². The molecular formula is C16H30N2O8. The fourth-order valence-corrected chi connectivity index (χ4v) is 2.21. The second-order valence-corrected chi connectivity index (χ2v) is 7.12. The molecule has 7 N–H and O–H groups in total. The lowest BCUT2D eigenvalue weighted by Gasteiger charge is -2.40. The maximum atomic E-state index is 12.0. The van der Waals surface area contributed by atoms with Crippen molar-refractivity contribution in [1.82, 2.24) is 0 Å². The van der Waals surface area contributed by atoms with E-state index in [0.717, 1.165) is 0 Å². The van der Waals surface area contributed by atoms with Crippen LogP contribution in [0.15, 0.2) is 0 Å². The first-order valence-electron chi connectivity index (χ1n) is 8.55. The van der Waals surface area contributed by atoms with Gasteiger partial charge in [0.05, 0.1) is 0 Å². The van der Waals surface area contributed by atoms with Crippen LogP contribution in [0, 0.1) is 11.8 Å². The first kappa shape index (κ1) is 22.7. The van der Waals surface area contributed by atoms with E-state index in [-0.39, 0.29) is 11.8 Å². The van der Waals surface area contributed by atoms with Gasteiger partial charge in [-0.1, -0.05) is 27.7 Å². The number of esters is 2. The minimum absolute atomic E-state index is 0.154. The monoisotopic (exact) mass is 378 g/mol. The Bertz CT molecular complexity index is 487. The Balaban J connectivity index is 2.75. The minimum atomic E-state index is -1.74. The van der Waals surface area contributed by atoms with Crippen LogP contribution in [0.1, 0.15) is 27.7 Å². The van der Waals surface area contributed by atoms with Gasteiger partial charge in [-0.05, 0) is 11.8 Å². The van der Waals surface area contributed by atoms with Gasteiger partial charge in [0.25, 0.3) is 0 Å². The van der Waals surface area contributed by atoms with Crippen LogP contribution in [0.4, 0.5) is 0 Å². The second kappa shape index (κ2) is 9.58. The standard InChI is InChI=1S/C16H30N2O8/c1-6(2)9(17)14(21)24-5-8-11(19)13(12(20)16(23)25-8)26-15(22)10(18)7(3)4/h6-13,16,19-20,23H,5,17-18H2,1-4H3/t8-,9+,10+,11-,12-,13+,16?/m1/s1. The van der Waals surface area contributed by atoms with Crippen molar-refractivity contribution in [2.75, 3.05) is 6.61 Å². The molecule has 0 bridgehead atoms. The maximum absolute atomic E-state index is 12.0. The zero-order valence-corrected chi connectivity index (χ0v) is 15.4. The van der Waals surface area contributed by atoms with Crippen LogP contribution in [0.2, 0.25) is 0 Å². The van der Waals surface area contributed by atoms with Crippen molar-refractivity contribution in [1.29, 1.82) is 0 Å². The molecule has 1 rings (SSSR count). The molecule has 10 heteroatoms. The number of hydrogen-bond donors (Lipinski definition) is 5. The van der Waals surface area contributed by atoms with Crippen molar-refractivity contribution < 1.29 is 39.1 Å². The quantitative estimate of drug-likeness (QED) is 0.307. The predicted molar refractivity (Wildman–Crippen MR) is 89.4 cm³/mol. The van der Waals surface area contributed by atoms with Crippen LogP contribution in [-0.4, -0.2) is 76.7 Å². The zero-order valence-electron chi connectivity index (χ0n) is 15.4. The fraction of sp³-hybridized carbons (Fsp3) is 0.875. The number of carbonyl (C=O) groups is 2. The van der Waals surface area contributed by atoms with E-state index < -0.39 is 61.3 Å². The third-order valence-corrected chi connectivity index (χ3v) is 4.28. The molecule has 26 heavy (non-hydrogen) atoms. The molecule has 0 aromatic carbocycles. The molecule has 0 aromatic rings. The van der Waals surface area contributed by atoms with Gasteiger partial charge in [0, 0.05) is 0 Å². The number of ether oxygens (including phenoxy) is 3. The first-order valence-corrected chi connectivity index (χ1v) is 8.55. The molecule has 152 valence electrons. The van der Waals surface area contributed by atoms with E-state index in [2.05, 4.69) is 0 Å². The minimum Gasteiger partial charge on any atom is -0.462 e. The lowest BCUT2D eigenvalue weighted by atomic mass is 9.98. The highest BCUT2D eigenvalue weighted by Gasteiger charge is 2.47. The van der Waals surface area contributed by atoms with Crippen LogP contribution in [-0.2, 0) is 23.8 Å². The van der Waals surface area contributed by atoms with E-state index in [9.17, 15) is 24.9 Å². The van der Waals surface area contributed by atoms with Crippen molar-refractivity contribution >= 4 is 11.9 Å². The SMILES string of the molecule is CC(C)[C@H](N)C(=O)OC[C@H]1OC(O)[C@H](O)[C@@H](OC(=O)[C@@H](N)C(C)C)[C@@H]1O. The van der Waals surface area contributed by atoms with Gasteiger partial charge in [0.15, 0.2) is 12.4 Å². The van der Waals surface area contributed by atoms with Gasteiger partial charge in [-0.3, -0.25) is 9.59 Å². The number of hydrogen-bond acceptors (Lipinski definition) is 10. The van der Waals surface area contributed by atoms with Gasteiger partial charge < -0.3 is 41.0 Å². The highest BCUT2D eigenvalue weighted by Crippen LogP contribution is 2.23. The van der Waals surface area contributed by atoms with E-state index in [1.165, 1.54) is 0 Å². The number of carbonyl (C=O) groups excluding carboxylic acids is 2. The molecule has 0 saturated carbocycles. The molecule has 1 fully saturated rings. The first-order chi connectivity index (χ1) is 12.0. The van der Waals surface area contributed by atoms with Crippen LogP contribution in [0.5, 0.6) is 0 Å². The summed E-state index contributed by atoms with van der Waals surface area (Å²) < 4.78 is 15.1. The van der Waals surface area contributed by atoms with Crippen LogP contribution >= 0.6 is 0 Å².